The van der Waals surface area contributed by atoms with E-state index in [2.05, 4.69) is 19.7 Å². The Labute approximate surface area is 51.8 Å². The van der Waals surface area contributed by atoms with Gasteiger partial charge in [-0.1, -0.05) is 20.6 Å². The van der Waals surface area contributed by atoms with Gasteiger partial charge in [0.1, 0.15) is 0 Å². The van der Waals surface area contributed by atoms with Crippen molar-refractivity contribution in [3.63, 3.8) is 0 Å². The van der Waals surface area contributed by atoms with Gasteiger partial charge in [0.2, 0.25) is 0 Å². The van der Waals surface area contributed by atoms with Gasteiger partial charge in [-0.2, -0.15) is 5.26 Å². The van der Waals surface area contributed by atoms with Crippen LogP contribution in [0.15, 0.2) is 0 Å². The fourth-order valence-corrected chi connectivity index (χ4v) is 0.712. The molecule has 0 heterocycles. The van der Waals surface area contributed by atoms with E-state index in [0.29, 0.717) is 6.71 Å². The predicted molar refractivity (Wildman–Crippen MR) is 37.1 cm³/mol. The van der Waals surface area contributed by atoms with Crippen molar-refractivity contribution in [3.8, 4) is 6.07 Å². The fourth-order valence-electron chi connectivity index (χ4n) is 0.712. The summed E-state index contributed by atoms with van der Waals surface area (Å²) < 4.78 is 0. The van der Waals surface area contributed by atoms with E-state index in [1.54, 1.807) is 0 Å². The van der Waals surface area contributed by atoms with Crippen molar-refractivity contribution in [2.75, 3.05) is 0 Å². The van der Waals surface area contributed by atoms with Crippen LogP contribution in [0.25, 0.3) is 0 Å². The Kier molecular flexibility index (Phi) is 3.35. The van der Waals surface area contributed by atoms with E-state index in [-0.39, 0.29) is 5.82 Å². The van der Waals surface area contributed by atoms with E-state index in [1.165, 1.54) is 0 Å². The third-order valence-electron chi connectivity index (χ3n) is 1.41. The lowest BCUT2D eigenvalue weighted by molar-refractivity contribution is 0.941. The lowest BCUT2D eigenvalue weighted by Gasteiger charge is -2.03. The van der Waals surface area contributed by atoms with Gasteiger partial charge >= 0.3 is 0 Å². The maximum atomic E-state index is 8.45. The maximum absolute atomic E-state index is 8.45. The zero-order valence-electron chi connectivity index (χ0n) is 5.81. The molecule has 0 rings (SSSR count). The Morgan fingerprint density at radius 2 is 2.12 bits per heavy atom. The first-order valence-corrected chi connectivity index (χ1v) is 3.12. The molecule has 0 aromatic heterocycles. The number of nitrogens with zero attached hydrogens (tertiary/aromatic N) is 1. The van der Waals surface area contributed by atoms with Crippen LogP contribution in [0.1, 0.15) is 13.3 Å². The summed E-state index contributed by atoms with van der Waals surface area (Å²) in [5.41, 5.74) is 0. The van der Waals surface area contributed by atoms with Gasteiger partial charge in [0.25, 0.3) is 0 Å². The Hall–Kier alpha value is -0.445. The van der Waals surface area contributed by atoms with Crippen LogP contribution >= 0.6 is 0 Å². The summed E-state index contributed by atoms with van der Waals surface area (Å²) in [4.78, 5) is 0. The van der Waals surface area contributed by atoms with Gasteiger partial charge in [-0.15, -0.1) is 0 Å². The first-order valence-electron chi connectivity index (χ1n) is 3.12. The van der Waals surface area contributed by atoms with Crippen LogP contribution in [0.2, 0.25) is 19.5 Å². The third-order valence-corrected chi connectivity index (χ3v) is 1.41. The number of hydrogen-bond acceptors (Lipinski definition) is 1. The SMILES string of the molecule is CCC(C#N)B(C)C. The topological polar surface area (TPSA) is 23.8 Å². The zero-order valence-corrected chi connectivity index (χ0v) is 5.81. The highest BCUT2D eigenvalue weighted by molar-refractivity contribution is 6.58. The Morgan fingerprint density at radius 1 is 1.62 bits per heavy atom. The molecule has 0 saturated heterocycles. The molecule has 0 radical (unpaired) electrons. The van der Waals surface area contributed by atoms with Gasteiger partial charge in [0.05, 0.1) is 6.07 Å². The molecule has 0 aliphatic rings. The van der Waals surface area contributed by atoms with Crippen molar-refractivity contribution in [2.45, 2.75) is 32.8 Å². The van der Waals surface area contributed by atoms with Gasteiger partial charge in [-0.3, -0.25) is 0 Å². The average Bonchev–Trinajstić information content (AvgIpc) is 1.69. The minimum Gasteiger partial charge on any atom is -0.199 e. The molecule has 1 atom stereocenters. The zero-order chi connectivity index (χ0) is 6.57. The van der Waals surface area contributed by atoms with E-state index < -0.39 is 0 Å². The van der Waals surface area contributed by atoms with Crippen LogP contribution in [0.4, 0.5) is 0 Å². The van der Waals surface area contributed by atoms with Crippen molar-refractivity contribution >= 4 is 6.71 Å². The van der Waals surface area contributed by atoms with Gasteiger partial charge in [-0.05, 0) is 6.42 Å². The number of nitriles is 1. The second-order valence-corrected chi connectivity index (χ2v) is 2.39. The molecule has 8 heavy (non-hydrogen) atoms. The second-order valence-electron chi connectivity index (χ2n) is 2.39. The molecule has 44 valence electrons. The summed E-state index contributed by atoms with van der Waals surface area (Å²) in [6, 6.07) is 2.25. The molecule has 1 unspecified atom stereocenters. The van der Waals surface area contributed by atoms with Gasteiger partial charge in [-0.25, -0.2) is 0 Å². The molecule has 0 aromatic rings. The number of hydrogen-bond donors (Lipinski definition) is 0. The van der Waals surface area contributed by atoms with E-state index in [0.717, 1.165) is 6.42 Å². The van der Waals surface area contributed by atoms with E-state index in [1.807, 2.05) is 6.92 Å². The normalized spacial score (nSPS) is 12.2. The smallest absolute Gasteiger partial charge is 0.154 e. The standard InChI is InChI=1S/C6H12BN/c1-4-6(5-8)7(2)3/h6H,4H2,1-3H3. The molecule has 0 fully saturated rings. The van der Waals surface area contributed by atoms with Crippen molar-refractivity contribution in [2.24, 2.45) is 0 Å². The summed E-state index contributed by atoms with van der Waals surface area (Å²) in [5, 5.41) is 8.45. The number of rotatable bonds is 2. The van der Waals surface area contributed by atoms with E-state index in [9.17, 15) is 0 Å². The monoisotopic (exact) mass is 109 g/mol. The molecule has 2 heteroatoms. The summed E-state index contributed by atoms with van der Waals surface area (Å²) in [7, 11) is 0. The fraction of sp³-hybridized carbons (Fsp3) is 0.833. The summed E-state index contributed by atoms with van der Waals surface area (Å²) >= 11 is 0. The van der Waals surface area contributed by atoms with Crippen LogP contribution in [0.5, 0.6) is 0 Å². The molecule has 0 N–H and O–H groups in total. The van der Waals surface area contributed by atoms with Crippen LogP contribution in [-0.2, 0) is 0 Å². The first kappa shape index (κ1) is 7.55. The molecule has 0 spiro atoms. The molecule has 0 aromatic carbocycles. The molecule has 0 saturated carbocycles. The van der Waals surface area contributed by atoms with E-state index >= 15 is 0 Å². The minimum absolute atomic E-state index is 0.259. The molecule has 1 nitrogen and oxygen atoms in total. The molecule has 0 amide bonds. The Morgan fingerprint density at radius 3 is 2.12 bits per heavy atom. The van der Waals surface area contributed by atoms with Crippen molar-refractivity contribution < 1.29 is 0 Å². The van der Waals surface area contributed by atoms with Crippen LogP contribution < -0.4 is 0 Å². The highest BCUT2D eigenvalue weighted by atomic mass is 14.2. The van der Waals surface area contributed by atoms with Gasteiger partial charge in [0, 0.05) is 5.82 Å². The van der Waals surface area contributed by atoms with Crippen molar-refractivity contribution in [1.82, 2.24) is 0 Å². The molecule has 0 bridgehead atoms. The quantitative estimate of drug-likeness (QED) is 0.497. The Balaban J connectivity index is 3.57. The largest absolute Gasteiger partial charge is 0.199 e. The Bertz CT molecular complexity index is 93.2. The van der Waals surface area contributed by atoms with Crippen molar-refractivity contribution in [1.29, 1.82) is 5.26 Å². The van der Waals surface area contributed by atoms with Gasteiger partial charge in [0.15, 0.2) is 6.71 Å². The minimum atomic E-state index is 0.259. The molecular formula is C6H12BN. The summed E-state index contributed by atoms with van der Waals surface area (Å²) in [6.45, 7) is 6.73. The third kappa shape index (κ3) is 2.02. The molecule has 0 aliphatic carbocycles. The predicted octanol–water partition coefficient (Wildman–Crippen LogP) is 2.04. The lowest BCUT2D eigenvalue weighted by Crippen LogP contribution is -2.08. The van der Waals surface area contributed by atoms with Crippen LogP contribution in [-0.4, -0.2) is 6.71 Å². The summed E-state index contributed by atoms with van der Waals surface area (Å²) in [6.07, 6.45) is 0.980. The highest BCUT2D eigenvalue weighted by Gasteiger charge is 2.11. The first-order chi connectivity index (χ1) is 3.72. The average molecular weight is 109 g/mol. The van der Waals surface area contributed by atoms with E-state index in [4.69, 9.17) is 5.26 Å². The highest BCUT2D eigenvalue weighted by Crippen LogP contribution is 2.11. The molecular weight excluding hydrogens is 96.9 g/mol. The van der Waals surface area contributed by atoms with Crippen LogP contribution in [0, 0.1) is 11.3 Å². The second kappa shape index (κ2) is 3.54. The lowest BCUT2D eigenvalue weighted by atomic mass is 9.45. The van der Waals surface area contributed by atoms with Crippen LogP contribution in [0.3, 0.4) is 0 Å². The van der Waals surface area contributed by atoms with Crippen molar-refractivity contribution in [3.05, 3.63) is 0 Å². The van der Waals surface area contributed by atoms with Gasteiger partial charge < -0.3 is 0 Å². The summed E-state index contributed by atoms with van der Waals surface area (Å²) in [5.74, 6) is 0.259. The maximum Gasteiger partial charge on any atom is 0.154 e. The molecule has 0 aliphatic heterocycles.